The number of hydrogen-bond acceptors (Lipinski definition) is 5. The van der Waals surface area contributed by atoms with Gasteiger partial charge in [0.15, 0.2) is 0 Å². The molecule has 0 saturated carbocycles. The number of nitrogens with one attached hydrogen (secondary N) is 2. The van der Waals surface area contributed by atoms with Crippen LogP contribution in [0.25, 0.3) is 0 Å². The van der Waals surface area contributed by atoms with E-state index in [9.17, 15) is 0 Å². The largest absolute Gasteiger partial charge is 0.370 e. The average Bonchev–Trinajstić information content (AvgIpc) is 2.56. The van der Waals surface area contributed by atoms with Crippen molar-refractivity contribution in [1.29, 1.82) is 0 Å². The fourth-order valence-electron chi connectivity index (χ4n) is 2.49. The Morgan fingerprint density at radius 3 is 2.46 bits per heavy atom. The van der Waals surface area contributed by atoms with Gasteiger partial charge < -0.3 is 15.5 Å². The maximum Gasteiger partial charge on any atom is 0.224 e. The molecule has 0 aliphatic heterocycles. The van der Waals surface area contributed by atoms with Gasteiger partial charge in [0.2, 0.25) is 5.95 Å². The van der Waals surface area contributed by atoms with Gasteiger partial charge in [-0.15, -0.1) is 0 Å². The Bertz CT molecular complexity index is 598. The molecule has 130 valence electrons. The summed E-state index contributed by atoms with van der Waals surface area (Å²) in [5.41, 5.74) is 2.35. The molecule has 24 heavy (non-hydrogen) atoms. The summed E-state index contributed by atoms with van der Waals surface area (Å²) >= 11 is 0. The predicted octanol–water partition coefficient (Wildman–Crippen LogP) is 3.19. The third kappa shape index (κ3) is 6.96. The van der Waals surface area contributed by atoms with Crippen LogP contribution in [0.1, 0.15) is 24.1 Å². The summed E-state index contributed by atoms with van der Waals surface area (Å²) in [5, 5.41) is 6.71. The quantitative estimate of drug-likeness (QED) is 0.656. The second-order valence-corrected chi connectivity index (χ2v) is 6.32. The number of benzene rings is 1. The van der Waals surface area contributed by atoms with Gasteiger partial charge in [0.1, 0.15) is 5.82 Å². The van der Waals surface area contributed by atoms with Crippen molar-refractivity contribution in [2.75, 3.05) is 44.4 Å². The van der Waals surface area contributed by atoms with Gasteiger partial charge in [-0.3, -0.25) is 0 Å². The minimum atomic E-state index is 0.707. The van der Waals surface area contributed by atoms with Crippen molar-refractivity contribution in [3.8, 4) is 0 Å². The monoisotopic (exact) mass is 327 g/mol. The summed E-state index contributed by atoms with van der Waals surface area (Å²) in [6.45, 7) is 4.87. The molecule has 0 atom stereocenters. The second-order valence-electron chi connectivity index (χ2n) is 6.32. The van der Waals surface area contributed by atoms with Gasteiger partial charge in [-0.05, 0) is 52.4 Å². The molecule has 2 N–H and O–H groups in total. The molecule has 1 aromatic carbocycles. The van der Waals surface area contributed by atoms with Gasteiger partial charge in [-0.25, -0.2) is 4.98 Å². The summed E-state index contributed by atoms with van der Waals surface area (Å²) in [7, 11) is 4.18. The highest BCUT2D eigenvalue weighted by atomic mass is 15.1. The molecule has 1 heterocycles. The maximum absolute atomic E-state index is 4.55. The van der Waals surface area contributed by atoms with Crippen molar-refractivity contribution in [1.82, 2.24) is 14.9 Å². The van der Waals surface area contributed by atoms with Gasteiger partial charge in [-0.2, -0.15) is 4.98 Å². The topological polar surface area (TPSA) is 53.1 Å². The van der Waals surface area contributed by atoms with Gasteiger partial charge in [0.25, 0.3) is 0 Å². The highest BCUT2D eigenvalue weighted by molar-refractivity contribution is 5.42. The van der Waals surface area contributed by atoms with E-state index in [2.05, 4.69) is 69.9 Å². The molecule has 0 bridgehead atoms. The molecule has 0 radical (unpaired) electrons. The summed E-state index contributed by atoms with van der Waals surface area (Å²) in [5.74, 6) is 1.60. The molecular weight excluding hydrogens is 298 g/mol. The van der Waals surface area contributed by atoms with Crippen LogP contribution in [-0.4, -0.2) is 48.6 Å². The summed E-state index contributed by atoms with van der Waals surface area (Å²) in [6.07, 6.45) is 3.22. The van der Waals surface area contributed by atoms with E-state index in [1.807, 2.05) is 13.0 Å². The molecule has 2 aromatic rings. The lowest BCUT2D eigenvalue weighted by Crippen LogP contribution is -2.17. The highest BCUT2D eigenvalue weighted by Crippen LogP contribution is 2.10. The Kier molecular flexibility index (Phi) is 7.49. The van der Waals surface area contributed by atoms with E-state index in [0.29, 0.717) is 5.95 Å². The first-order chi connectivity index (χ1) is 11.6. The fourth-order valence-corrected chi connectivity index (χ4v) is 2.49. The molecule has 0 fully saturated rings. The zero-order valence-corrected chi connectivity index (χ0v) is 15.0. The Morgan fingerprint density at radius 2 is 1.71 bits per heavy atom. The lowest BCUT2D eigenvalue weighted by atomic mass is 10.1. The Hall–Kier alpha value is -2.14. The third-order valence-corrected chi connectivity index (χ3v) is 3.71. The molecule has 2 rings (SSSR count). The minimum Gasteiger partial charge on any atom is -0.370 e. The SMILES string of the molecule is Cc1cc(NCCCN(C)C)nc(NCCCc2ccccc2)n1. The van der Waals surface area contributed by atoms with E-state index in [1.165, 1.54) is 5.56 Å². The van der Waals surface area contributed by atoms with E-state index in [-0.39, 0.29) is 0 Å². The van der Waals surface area contributed by atoms with E-state index < -0.39 is 0 Å². The Labute approximate surface area is 145 Å². The first-order valence-corrected chi connectivity index (χ1v) is 8.65. The van der Waals surface area contributed by atoms with Crippen molar-refractivity contribution < 1.29 is 0 Å². The molecule has 5 nitrogen and oxygen atoms in total. The molecule has 0 aliphatic rings. The van der Waals surface area contributed by atoms with Crippen LogP contribution in [0, 0.1) is 6.92 Å². The maximum atomic E-state index is 4.55. The van der Waals surface area contributed by atoms with E-state index >= 15 is 0 Å². The molecule has 0 saturated heterocycles. The first-order valence-electron chi connectivity index (χ1n) is 8.65. The number of hydrogen-bond donors (Lipinski definition) is 2. The lowest BCUT2D eigenvalue weighted by Gasteiger charge is -2.12. The molecular formula is C19H29N5. The van der Waals surface area contributed by atoms with Crippen LogP contribution in [0.3, 0.4) is 0 Å². The van der Waals surface area contributed by atoms with E-state index in [1.54, 1.807) is 0 Å². The van der Waals surface area contributed by atoms with Crippen LogP contribution in [0.5, 0.6) is 0 Å². The third-order valence-electron chi connectivity index (χ3n) is 3.71. The van der Waals surface area contributed by atoms with Crippen molar-refractivity contribution in [3.63, 3.8) is 0 Å². The van der Waals surface area contributed by atoms with Crippen LogP contribution in [-0.2, 0) is 6.42 Å². The van der Waals surface area contributed by atoms with Gasteiger partial charge in [0, 0.05) is 24.8 Å². The van der Waals surface area contributed by atoms with Gasteiger partial charge in [0.05, 0.1) is 0 Å². The van der Waals surface area contributed by atoms with E-state index in [0.717, 1.165) is 50.4 Å². The van der Waals surface area contributed by atoms with Crippen LogP contribution in [0.2, 0.25) is 0 Å². The van der Waals surface area contributed by atoms with Gasteiger partial charge in [-0.1, -0.05) is 30.3 Å². The Morgan fingerprint density at radius 1 is 0.958 bits per heavy atom. The molecule has 5 heteroatoms. The van der Waals surface area contributed by atoms with Crippen LogP contribution < -0.4 is 10.6 Å². The second kappa shape index (κ2) is 9.88. The number of aryl methyl sites for hydroxylation is 2. The number of nitrogens with zero attached hydrogens (tertiary/aromatic N) is 3. The smallest absolute Gasteiger partial charge is 0.224 e. The number of rotatable bonds is 10. The van der Waals surface area contributed by atoms with Crippen LogP contribution in [0.4, 0.5) is 11.8 Å². The molecule has 0 aliphatic carbocycles. The predicted molar refractivity (Wildman–Crippen MR) is 102 cm³/mol. The summed E-state index contributed by atoms with van der Waals surface area (Å²) < 4.78 is 0. The molecule has 0 spiro atoms. The van der Waals surface area contributed by atoms with E-state index in [4.69, 9.17) is 0 Å². The molecule has 0 amide bonds. The lowest BCUT2D eigenvalue weighted by molar-refractivity contribution is 0.405. The van der Waals surface area contributed by atoms with Crippen molar-refractivity contribution in [3.05, 3.63) is 47.7 Å². The minimum absolute atomic E-state index is 0.707. The highest BCUT2D eigenvalue weighted by Gasteiger charge is 2.02. The van der Waals surface area contributed by atoms with Crippen molar-refractivity contribution in [2.45, 2.75) is 26.2 Å². The van der Waals surface area contributed by atoms with Crippen molar-refractivity contribution >= 4 is 11.8 Å². The normalized spacial score (nSPS) is 10.8. The molecule has 0 unspecified atom stereocenters. The fraction of sp³-hybridized carbons (Fsp3) is 0.474. The number of aromatic nitrogens is 2. The summed E-state index contributed by atoms with van der Waals surface area (Å²) in [6, 6.07) is 12.5. The van der Waals surface area contributed by atoms with Crippen LogP contribution >= 0.6 is 0 Å². The van der Waals surface area contributed by atoms with Crippen molar-refractivity contribution in [2.24, 2.45) is 0 Å². The van der Waals surface area contributed by atoms with Gasteiger partial charge >= 0.3 is 0 Å². The zero-order valence-electron chi connectivity index (χ0n) is 15.0. The standard InChI is InChI=1S/C19H29N5/c1-16-15-18(20-13-8-14-24(2)3)23-19(22-16)21-12-7-11-17-9-5-4-6-10-17/h4-6,9-10,15H,7-8,11-14H2,1-3H3,(H2,20,21,22,23). The summed E-state index contributed by atoms with van der Waals surface area (Å²) in [4.78, 5) is 11.2. The zero-order chi connectivity index (χ0) is 17.2. The molecule has 1 aromatic heterocycles. The average molecular weight is 327 g/mol. The van der Waals surface area contributed by atoms with Crippen LogP contribution in [0.15, 0.2) is 36.4 Å². The number of anilines is 2. The Balaban J connectivity index is 1.75. The first kappa shape index (κ1) is 18.2.